The smallest absolute Gasteiger partial charge is 0.192 e. The Balaban J connectivity index is 1.83. The molecule has 1 aliphatic heterocycles. The van der Waals surface area contributed by atoms with Crippen LogP contribution in [0.4, 0.5) is 0 Å². The van der Waals surface area contributed by atoms with E-state index in [-0.39, 0.29) is 11.1 Å². The van der Waals surface area contributed by atoms with E-state index in [2.05, 4.69) is 39.2 Å². The molecule has 0 radical (unpaired) electrons. The molecule has 2 fully saturated rings. The van der Waals surface area contributed by atoms with E-state index in [0.717, 1.165) is 25.8 Å². The molecule has 2 aliphatic rings. The third-order valence-corrected chi connectivity index (χ3v) is 10.7. The van der Waals surface area contributed by atoms with Crippen molar-refractivity contribution < 1.29 is 9.53 Å². The maximum absolute atomic E-state index is 10.5. The van der Waals surface area contributed by atoms with Crippen LogP contribution in [0.3, 0.4) is 0 Å². The molecule has 0 amide bonds. The number of hydrogen-bond donors (Lipinski definition) is 2. The van der Waals surface area contributed by atoms with Crippen LogP contribution in [0.5, 0.6) is 0 Å². The predicted octanol–water partition coefficient (Wildman–Crippen LogP) is 4.07. The lowest BCUT2D eigenvalue weighted by molar-refractivity contribution is 0.0655. The first-order valence-electron chi connectivity index (χ1n) is 9.28. The molecule has 4 heteroatoms. The van der Waals surface area contributed by atoms with Gasteiger partial charge in [-0.05, 0) is 62.7 Å². The Morgan fingerprint density at radius 1 is 1.18 bits per heavy atom. The van der Waals surface area contributed by atoms with Gasteiger partial charge in [0.25, 0.3) is 0 Å². The van der Waals surface area contributed by atoms with Crippen LogP contribution in [0, 0.1) is 5.92 Å². The Bertz CT molecular complexity index is 347. The van der Waals surface area contributed by atoms with E-state index in [4.69, 9.17) is 4.43 Å². The first-order chi connectivity index (χ1) is 10.2. The molecule has 2 rings (SSSR count). The molecule has 2 N–H and O–H groups in total. The summed E-state index contributed by atoms with van der Waals surface area (Å²) in [5, 5.41) is 14.4. The van der Waals surface area contributed by atoms with E-state index in [1.165, 1.54) is 25.7 Å². The van der Waals surface area contributed by atoms with Crippen LogP contribution in [-0.2, 0) is 4.43 Å². The minimum absolute atomic E-state index is 0.119. The molecular weight excluding hydrogens is 290 g/mol. The van der Waals surface area contributed by atoms with Crippen molar-refractivity contribution in [1.29, 1.82) is 0 Å². The zero-order valence-electron chi connectivity index (χ0n) is 15.3. The highest BCUT2D eigenvalue weighted by molar-refractivity contribution is 6.74. The van der Waals surface area contributed by atoms with Crippen LogP contribution < -0.4 is 5.32 Å². The van der Waals surface area contributed by atoms with Gasteiger partial charge in [-0.3, -0.25) is 0 Å². The topological polar surface area (TPSA) is 41.5 Å². The molecule has 3 atom stereocenters. The Labute approximate surface area is 138 Å². The van der Waals surface area contributed by atoms with Crippen LogP contribution >= 0.6 is 0 Å². The highest BCUT2D eigenvalue weighted by Gasteiger charge is 2.40. The summed E-state index contributed by atoms with van der Waals surface area (Å²) in [6.07, 6.45) is 8.39. The first kappa shape index (κ1) is 18.4. The number of hydrogen-bond acceptors (Lipinski definition) is 3. The summed E-state index contributed by atoms with van der Waals surface area (Å²) in [5.41, 5.74) is 0. The van der Waals surface area contributed by atoms with E-state index >= 15 is 0 Å². The van der Waals surface area contributed by atoms with Crippen molar-refractivity contribution in [2.75, 3.05) is 6.54 Å². The quantitative estimate of drug-likeness (QED) is 0.748. The molecule has 3 nitrogen and oxygen atoms in total. The van der Waals surface area contributed by atoms with Crippen LogP contribution in [0.25, 0.3) is 0 Å². The average molecular weight is 328 g/mol. The van der Waals surface area contributed by atoms with Gasteiger partial charge >= 0.3 is 0 Å². The monoisotopic (exact) mass is 327 g/mol. The molecule has 1 heterocycles. The second-order valence-corrected chi connectivity index (χ2v) is 13.8. The minimum atomic E-state index is -1.68. The lowest BCUT2D eigenvalue weighted by Gasteiger charge is -2.42. The highest BCUT2D eigenvalue weighted by Crippen LogP contribution is 2.38. The number of piperidine rings is 1. The maximum atomic E-state index is 10.5. The lowest BCUT2D eigenvalue weighted by atomic mass is 9.91. The number of aliphatic hydroxyl groups is 1. The van der Waals surface area contributed by atoms with Crippen molar-refractivity contribution in [3.63, 3.8) is 0 Å². The Kier molecular flexibility index (Phi) is 6.14. The highest BCUT2D eigenvalue weighted by atomic mass is 28.4. The number of aliphatic hydroxyl groups excluding tert-OH is 1. The van der Waals surface area contributed by atoms with E-state index in [1.807, 2.05) is 0 Å². The second kappa shape index (κ2) is 7.33. The number of nitrogens with one attached hydrogen (secondary N) is 1. The van der Waals surface area contributed by atoms with Crippen LogP contribution in [0.2, 0.25) is 18.1 Å². The molecule has 0 spiro atoms. The van der Waals surface area contributed by atoms with Crippen molar-refractivity contribution in [3.05, 3.63) is 0 Å². The van der Waals surface area contributed by atoms with Crippen LogP contribution in [0.15, 0.2) is 0 Å². The molecular formula is C18H37NO2Si. The SMILES string of the molecule is CC(C)(C)[Si](C)(C)O[C@H]1CCN[C@@H](C[C@@H](O)C2CCCC2)C1. The molecule has 1 saturated heterocycles. The van der Waals surface area contributed by atoms with Gasteiger partial charge in [0.05, 0.1) is 6.10 Å². The summed E-state index contributed by atoms with van der Waals surface area (Å²) in [6, 6.07) is 0.430. The van der Waals surface area contributed by atoms with E-state index in [1.54, 1.807) is 0 Å². The molecule has 0 unspecified atom stereocenters. The van der Waals surface area contributed by atoms with Gasteiger partial charge in [0.15, 0.2) is 8.32 Å². The largest absolute Gasteiger partial charge is 0.414 e. The predicted molar refractivity (Wildman–Crippen MR) is 95.7 cm³/mol. The fraction of sp³-hybridized carbons (Fsp3) is 1.00. The van der Waals surface area contributed by atoms with Gasteiger partial charge in [-0.15, -0.1) is 0 Å². The lowest BCUT2D eigenvalue weighted by Crippen LogP contribution is -2.49. The summed E-state index contributed by atoms with van der Waals surface area (Å²) in [4.78, 5) is 0. The number of rotatable bonds is 5. The van der Waals surface area contributed by atoms with E-state index in [9.17, 15) is 5.11 Å². The van der Waals surface area contributed by atoms with Crippen molar-refractivity contribution in [3.8, 4) is 0 Å². The molecule has 130 valence electrons. The minimum Gasteiger partial charge on any atom is -0.414 e. The van der Waals surface area contributed by atoms with Gasteiger partial charge in [0, 0.05) is 12.1 Å². The summed E-state index contributed by atoms with van der Waals surface area (Å²) in [5.74, 6) is 0.545. The summed E-state index contributed by atoms with van der Waals surface area (Å²) in [6.45, 7) is 12.6. The normalized spacial score (nSPS) is 29.7. The Hall–Kier alpha value is 0.0969. The van der Waals surface area contributed by atoms with E-state index < -0.39 is 8.32 Å². The fourth-order valence-electron chi connectivity index (χ4n) is 3.67. The van der Waals surface area contributed by atoms with Gasteiger partial charge in [-0.25, -0.2) is 0 Å². The van der Waals surface area contributed by atoms with Crippen molar-refractivity contribution in [1.82, 2.24) is 5.32 Å². The molecule has 0 aromatic heterocycles. The van der Waals surface area contributed by atoms with Gasteiger partial charge < -0.3 is 14.8 Å². The molecule has 22 heavy (non-hydrogen) atoms. The van der Waals surface area contributed by atoms with Crippen LogP contribution in [0.1, 0.15) is 65.7 Å². The average Bonchev–Trinajstić information content (AvgIpc) is 2.91. The molecule has 0 aromatic rings. The van der Waals surface area contributed by atoms with Crippen molar-refractivity contribution >= 4 is 8.32 Å². The standard InChI is InChI=1S/C18H37NO2Si/c1-18(2,3)22(4,5)21-16-10-11-19-15(12-16)13-17(20)14-8-6-7-9-14/h14-17,19-20H,6-13H2,1-5H3/t15-,16+,17-/m1/s1. The molecule has 1 aliphatic carbocycles. The maximum Gasteiger partial charge on any atom is 0.192 e. The van der Waals surface area contributed by atoms with Crippen LogP contribution in [-0.4, -0.2) is 38.2 Å². The zero-order valence-corrected chi connectivity index (χ0v) is 16.3. The van der Waals surface area contributed by atoms with Crippen molar-refractivity contribution in [2.45, 2.75) is 102 Å². The first-order valence-corrected chi connectivity index (χ1v) is 12.2. The Morgan fingerprint density at radius 3 is 2.41 bits per heavy atom. The third-order valence-electron chi connectivity index (χ3n) is 6.18. The van der Waals surface area contributed by atoms with Gasteiger partial charge in [-0.1, -0.05) is 33.6 Å². The molecule has 0 bridgehead atoms. The Morgan fingerprint density at radius 2 is 1.82 bits per heavy atom. The van der Waals surface area contributed by atoms with Gasteiger partial charge in [0.1, 0.15) is 0 Å². The van der Waals surface area contributed by atoms with Gasteiger partial charge in [-0.2, -0.15) is 0 Å². The molecule has 1 saturated carbocycles. The molecule has 0 aromatic carbocycles. The second-order valence-electron chi connectivity index (χ2n) is 9.02. The summed E-state index contributed by atoms with van der Waals surface area (Å²) in [7, 11) is -1.68. The third kappa shape index (κ3) is 4.79. The summed E-state index contributed by atoms with van der Waals surface area (Å²) < 4.78 is 6.60. The van der Waals surface area contributed by atoms with E-state index in [0.29, 0.717) is 18.1 Å². The summed E-state index contributed by atoms with van der Waals surface area (Å²) >= 11 is 0. The van der Waals surface area contributed by atoms with Gasteiger partial charge in [0.2, 0.25) is 0 Å². The zero-order chi connectivity index (χ0) is 16.4. The fourth-order valence-corrected chi connectivity index (χ4v) is 5.07. The van der Waals surface area contributed by atoms with Crippen molar-refractivity contribution in [2.24, 2.45) is 5.92 Å².